The molecule has 0 saturated heterocycles. The van der Waals surface area contributed by atoms with Gasteiger partial charge in [-0.15, -0.1) is 0 Å². The molecule has 0 aliphatic carbocycles. The van der Waals surface area contributed by atoms with Crippen LogP contribution in [0, 0.1) is 0 Å². The highest BCUT2D eigenvalue weighted by molar-refractivity contribution is 8.00. The van der Waals surface area contributed by atoms with E-state index in [1.807, 2.05) is 84.9 Å². The summed E-state index contributed by atoms with van der Waals surface area (Å²) >= 11 is 1.39. The number of nitrogens with one attached hydrogen (secondary N) is 1. The molecule has 29 heavy (non-hydrogen) atoms. The normalized spacial score (nSPS) is 10.6. The van der Waals surface area contributed by atoms with Gasteiger partial charge in [-0.1, -0.05) is 66.4 Å². The molecular formula is C23H19N3O2S. The Balaban J connectivity index is 1.49. The van der Waals surface area contributed by atoms with Crippen molar-refractivity contribution in [3.05, 3.63) is 90.8 Å². The monoisotopic (exact) mass is 401 g/mol. The zero-order chi connectivity index (χ0) is 19.9. The van der Waals surface area contributed by atoms with Gasteiger partial charge in [-0.3, -0.25) is 4.79 Å². The Morgan fingerprint density at radius 3 is 2.34 bits per heavy atom. The van der Waals surface area contributed by atoms with Gasteiger partial charge in [0.25, 0.3) is 0 Å². The van der Waals surface area contributed by atoms with Crippen molar-refractivity contribution in [2.75, 3.05) is 11.1 Å². The lowest BCUT2D eigenvalue weighted by Crippen LogP contribution is -2.14. The second-order valence-electron chi connectivity index (χ2n) is 6.27. The highest BCUT2D eigenvalue weighted by Gasteiger charge is 2.11. The summed E-state index contributed by atoms with van der Waals surface area (Å²) in [5.74, 6) is 1.53. The third-order valence-corrected chi connectivity index (χ3v) is 5.11. The van der Waals surface area contributed by atoms with E-state index < -0.39 is 0 Å². The number of ether oxygens (including phenoxy) is 1. The summed E-state index contributed by atoms with van der Waals surface area (Å²) in [6, 6.07) is 26.8. The molecule has 4 rings (SSSR count). The number of fused-ring (bicyclic) bond motifs is 1. The maximum absolute atomic E-state index is 12.3. The molecule has 144 valence electrons. The molecule has 6 heteroatoms. The van der Waals surface area contributed by atoms with E-state index >= 15 is 0 Å². The predicted octanol–water partition coefficient (Wildman–Crippen LogP) is 4.94. The largest absolute Gasteiger partial charge is 0.486 e. The standard InChI is InChI=1S/C23H19N3O2S/c27-22(24-17-9-3-1-4-10-17)16-29-23-19-13-7-8-14-20(19)25-21(26-23)15-28-18-11-5-2-6-12-18/h1-14H,15-16H2,(H,24,27). The van der Waals surface area contributed by atoms with Crippen LogP contribution in [0.5, 0.6) is 5.75 Å². The summed E-state index contributed by atoms with van der Waals surface area (Å²) in [4.78, 5) is 21.6. The Morgan fingerprint density at radius 2 is 1.55 bits per heavy atom. The number of hydrogen-bond donors (Lipinski definition) is 1. The van der Waals surface area contributed by atoms with Gasteiger partial charge in [0.05, 0.1) is 11.3 Å². The van der Waals surface area contributed by atoms with Gasteiger partial charge in [-0.05, 0) is 30.3 Å². The Kier molecular flexibility index (Phi) is 6.02. The summed E-state index contributed by atoms with van der Waals surface area (Å²) in [6.07, 6.45) is 0. The zero-order valence-electron chi connectivity index (χ0n) is 15.6. The average Bonchev–Trinajstić information content (AvgIpc) is 2.77. The fraction of sp³-hybridized carbons (Fsp3) is 0.0870. The van der Waals surface area contributed by atoms with E-state index in [1.165, 1.54) is 11.8 Å². The first-order valence-corrected chi connectivity index (χ1v) is 10.2. The number of aromatic nitrogens is 2. The van der Waals surface area contributed by atoms with Gasteiger partial charge in [0.1, 0.15) is 17.4 Å². The van der Waals surface area contributed by atoms with Crippen molar-refractivity contribution in [2.45, 2.75) is 11.6 Å². The van der Waals surface area contributed by atoms with Crippen LogP contribution in [0.4, 0.5) is 5.69 Å². The number of amides is 1. The van der Waals surface area contributed by atoms with Crippen LogP contribution < -0.4 is 10.1 Å². The van der Waals surface area contributed by atoms with E-state index in [-0.39, 0.29) is 18.3 Å². The Labute approximate surface area is 173 Å². The molecule has 3 aromatic carbocycles. The Morgan fingerprint density at radius 1 is 0.862 bits per heavy atom. The van der Waals surface area contributed by atoms with Crippen molar-refractivity contribution in [3.8, 4) is 5.75 Å². The van der Waals surface area contributed by atoms with E-state index in [0.717, 1.165) is 27.4 Å². The summed E-state index contributed by atoms with van der Waals surface area (Å²) in [6.45, 7) is 0.263. The first kappa shape index (κ1) is 19.0. The lowest BCUT2D eigenvalue weighted by molar-refractivity contribution is -0.113. The number of nitrogens with zero attached hydrogens (tertiary/aromatic N) is 2. The topological polar surface area (TPSA) is 64.1 Å². The minimum atomic E-state index is -0.0778. The van der Waals surface area contributed by atoms with Crippen LogP contribution in [0.1, 0.15) is 5.82 Å². The van der Waals surface area contributed by atoms with Crippen LogP contribution in [-0.4, -0.2) is 21.6 Å². The molecule has 5 nitrogen and oxygen atoms in total. The lowest BCUT2D eigenvalue weighted by atomic mass is 10.2. The number of thioether (sulfide) groups is 1. The second-order valence-corrected chi connectivity index (χ2v) is 7.23. The molecule has 1 aromatic heterocycles. The van der Waals surface area contributed by atoms with Gasteiger partial charge in [0.15, 0.2) is 5.82 Å². The van der Waals surface area contributed by atoms with E-state index in [4.69, 9.17) is 4.74 Å². The molecular weight excluding hydrogens is 382 g/mol. The summed E-state index contributed by atoms with van der Waals surface area (Å²) in [7, 11) is 0. The molecule has 0 radical (unpaired) electrons. The van der Waals surface area contributed by atoms with E-state index in [2.05, 4.69) is 15.3 Å². The fourth-order valence-electron chi connectivity index (χ4n) is 2.79. The van der Waals surface area contributed by atoms with Crippen molar-refractivity contribution in [3.63, 3.8) is 0 Å². The predicted molar refractivity (Wildman–Crippen MR) is 116 cm³/mol. The van der Waals surface area contributed by atoms with Gasteiger partial charge in [0.2, 0.25) is 5.91 Å². The first-order chi connectivity index (χ1) is 14.3. The number of anilines is 1. The number of para-hydroxylation sites is 3. The number of benzene rings is 3. The van der Waals surface area contributed by atoms with E-state index in [1.54, 1.807) is 0 Å². The molecule has 0 fully saturated rings. The van der Waals surface area contributed by atoms with Crippen molar-refractivity contribution >= 4 is 34.3 Å². The number of carbonyl (C=O) groups is 1. The van der Waals surface area contributed by atoms with E-state index in [0.29, 0.717) is 5.82 Å². The molecule has 0 bridgehead atoms. The summed E-state index contributed by atoms with van der Waals surface area (Å²) in [5.41, 5.74) is 1.61. The summed E-state index contributed by atoms with van der Waals surface area (Å²) < 4.78 is 5.79. The minimum absolute atomic E-state index is 0.0778. The van der Waals surface area contributed by atoms with E-state index in [9.17, 15) is 4.79 Å². The van der Waals surface area contributed by atoms with Crippen LogP contribution in [0.3, 0.4) is 0 Å². The molecule has 0 aliphatic heterocycles. The van der Waals surface area contributed by atoms with Crippen LogP contribution in [0.25, 0.3) is 10.9 Å². The second kappa shape index (κ2) is 9.21. The molecule has 0 spiro atoms. The Bertz CT molecular complexity index is 1100. The smallest absolute Gasteiger partial charge is 0.234 e. The molecule has 1 heterocycles. The Hall–Kier alpha value is -3.38. The highest BCUT2D eigenvalue weighted by Crippen LogP contribution is 2.26. The van der Waals surface area contributed by atoms with Gasteiger partial charge in [0, 0.05) is 11.1 Å². The summed E-state index contributed by atoms with van der Waals surface area (Å²) in [5, 5.41) is 4.59. The van der Waals surface area contributed by atoms with Gasteiger partial charge >= 0.3 is 0 Å². The van der Waals surface area contributed by atoms with Crippen molar-refractivity contribution < 1.29 is 9.53 Å². The van der Waals surface area contributed by atoms with Gasteiger partial charge < -0.3 is 10.1 Å². The van der Waals surface area contributed by atoms with Gasteiger partial charge in [-0.25, -0.2) is 9.97 Å². The van der Waals surface area contributed by atoms with Crippen LogP contribution >= 0.6 is 11.8 Å². The number of rotatable bonds is 7. The third-order valence-electron chi connectivity index (χ3n) is 4.12. The maximum Gasteiger partial charge on any atom is 0.234 e. The van der Waals surface area contributed by atoms with Crippen molar-refractivity contribution in [1.29, 1.82) is 0 Å². The molecule has 1 amide bonds. The molecule has 1 N–H and O–H groups in total. The molecule has 0 unspecified atom stereocenters. The minimum Gasteiger partial charge on any atom is -0.486 e. The van der Waals surface area contributed by atoms with Crippen molar-refractivity contribution in [1.82, 2.24) is 9.97 Å². The average molecular weight is 401 g/mol. The molecule has 0 atom stereocenters. The van der Waals surface area contributed by atoms with Crippen LogP contribution in [0.15, 0.2) is 90.0 Å². The van der Waals surface area contributed by atoms with Crippen molar-refractivity contribution in [2.24, 2.45) is 0 Å². The fourth-order valence-corrected chi connectivity index (χ4v) is 3.62. The van der Waals surface area contributed by atoms with Crippen LogP contribution in [0.2, 0.25) is 0 Å². The zero-order valence-corrected chi connectivity index (χ0v) is 16.4. The SMILES string of the molecule is O=C(CSc1nc(COc2ccccc2)nc2ccccc12)Nc1ccccc1. The molecule has 0 saturated carbocycles. The van der Waals surface area contributed by atoms with Crippen LogP contribution in [-0.2, 0) is 11.4 Å². The third kappa shape index (κ3) is 5.12. The quantitative estimate of drug-likeness (QED) is 0.351. The highest BCUT2D eigenvalue weighted by atomic mass is 32.2. The first-order valence-electron chi connectivity index (χ1n) is 9.19. The molecule has 4 aromatic rings. The lowest BCUT2D eigenvalue weighted by Gasteiger charge is -2.10. The van der Waals surface area contributed by atoms with Gasteiger partial charge in [-0.2, -0.15) is 0 Å². The number of carbonyl (C=O) groups excluding carboxylic acids is 1. The number of hydrogen-bond acceptors (Lipinski definition) is 5. The molecule has 0 aliphatic rings. The maximum atomic E-state index is 12.3.